The molecule has 1 aromatic rings. The molecule has 23 heavy (non-hydrogen) atoms. The van der Waals surface area contributed by atoms with Crippen molar-refractivity contribution < 1.29 is 4.79 Å². The van der Waals surface area contributed by atoms with Gasteiger partial charge in [-0.05, 0) is 25.8 Å². The fraction of sp³-hybridized carbons (Fsp3) is 0.722. The molecule has 0 aliphatic carbocycles. The summed E-state index contributed by atoms with van der Waals surface area (Å²) in [4.78, 5) is 23.5. The number of aryl methyl sites for hydroxylation is 1. The van der Waals surface area contributed by atoms with Crippen LogP contribution in [0.5, 0.6) is 0 Å². The second kappa shape index (κ2) is 9.26. The Morgan fingerprint density at radius 1 is 1.35 bits per heavy atom. The number of aromatic nitrogens is 2. The summed E-state index contributed by atoms with van der Waals surface area (Å²) >= 11 is 4.51. The topological polar surface area (TPSA) is 46.1 Å². The summed E-state index contributed by atoms with van der Waals surface area (Å²) in [6.07, 6.45) is 7.37. The zero-order chi connectivity index (χ0) is 17.5. The molecular weight excluding hydrogens is 306 g/mol. The number of nitrogens with zero attached hydrogens (tertiary/aromatic N) is 3. The SMILES string of the molecule is CCCCCC(C)N(C(=O)CC(C)(C)S)c1nccc(CC)n1. The summed E-state index contributed by atoms with van der Waals surface area (Å²) in [6.45, 7) is 10.2. The fourth-order valence-electron chi connectivity index (χ4n) is 2.53. The number of thiol groups is 1. The molecule has 0 fully saturated rings. The number of anilines is 1. The van der Waals surface area contributed by atoms with Gasteiger partial charge in [-0.2, -0.15) is 12.6 Å². The molecule has 0 spiro atoms. The maximum absolute atomic E-state index is 12.8. The Morgan fingerprint density at radius 3 is 2.61 bits per heavy atom. The largest absolute Gasteiger partial charge is 0.278 e. The van der Waals surface area contributed by atoms with E-state index in [0.717, 1.165) is 25.0 Å². The minimum absolute atomic E-state index is 0.0438. The molecule has 1 heterocycles. The lowest BCUT2D eigenvalue weighted by molar-refractivity contribution is -0.119. The molecule has 1 aromatic heterocycles. The Labute approximate surface area is 146 Å². The molecule has 130 valence electrons. The standard InChI is InChI=1S/C18H31N3OS/c1-6-8-9-10-14(3)21(16(22)13-18(4,5)23)17-19-12-11-15(7-2)20-17/h11-12,14,23H,6-10,13H2,1-5H3. The highest BCUT2D eigenvalue weighted by Crippen LogP contribution is 2.23. The average molecular weight is 338 g/mol. The number of carbonyl (C=O) groups is 1. The van der Waals surface area contributed by atoms with Gasteiger partial charge in [-0.3, -0.25) is 9.69 Å². The molecule has 1 unspecified atom stereocenters. The molecule has 0 aliphatic heterocycles. The van der Waals surface area contributed by atoms with E-state index < -0.39 is 0 Å². The first kappa shape index (κ1) is 19.9. The Hall–Kier alpha value is -1.10. The van der Waals surface area contributed by atoms with Crippen molar-refractivity contribution in [1.29, 1.82) is 0 Å². The van der Waals surface area contributed by atoms with Crippen molar-refractivity contribution >= 4 is 24.5 Å². The molecule has 4 nitrogen and oxygen atoms in total. The van der Waals surface area contributed by atoms with E-state index in [-0.39, 0.29) is 16.7 Å². The number of hydrogen-bond acceptors (Lipinski definition) is 4. The molecule has 0 bridgehead atoms. The van der Waals surface area contributed by atoms with Gasteiger partial charge >= 0.3 is 0 Å². The summed E-state index contributed by atoms with van der Waals surface area (Å²) in [5.74, 6) is 0.568. The van der Waals surface area contributed by atoms with E-state index in [1.807, 2.05) is 19.9 Å². The molecule has 0 aliphatic rings. The number of carbonyl (C=O) groups excluding carboxylic acids is 1. The number of hydrogen-bond donors (Lipinski definition) is 1. The quantitative estimate of drug-likeness (QED) is 0.535. The van der Waals surface area contributed by atoms with Crippen LogP contribution in [0.2, 0.25) is 0 Å². The van der Waals surface area contributed by atoms with Crippen molar-refractivity contribution in [3.05, 3.63) is 18.0 Å². The molecule has 0 saturated heterocycles. The number of amides is 1. The number of unbranched alkanes of at least 4 members (excludes halogenated alkanes) is 2. The van der Waals surface area contributed by atoms with E-state index >= 15 is 0 Å². The Balaban J connectivity index is 3.01. The van der Waals surface area contributed by atoms with Crippen LogP contribution in [-0.2, 0) is 11.2 Å². The van der Waals surface area contributed by atoms with Crippen LogP contribution in [-0.4, -0.2) is 26.7 Å². The minimum atomic E-state index is -0.346. The molecule has 1 rings (SSSR count). The van der Waals surface area contributed by atoms with E-state index in [9.17, 15) is 4.79 Å². The lowest BCUT2D eigenvalue weighted by Gasteiger charge is -2.30. The van der Waals surface area contributed by atoms with Crippen molar-refractivity contribution in [3.63, 3.8) is 0 Å². The first-order chi connectivity index (χ1) is 10.8. The molecule has 0 aromatic carbocycles. The third-order valence-electron chi connectivity index (χ3n) is 3.80. The van der Waals surface area contributed by atoms with E-state index in [1.165, 1.54) is 12.8 Å². The predicted molar refractivity (Wildman–Crippen MR) is 100 cm³/mol. The summed E-state index contributed by atoms with van der Waals surface area (Å²) in [7, 11) is 0. The summed E-state index contributed by atoms with van der Waals surface area (Å²) in [5.41, 5.74) is 0.957. The molecule has 0 radical (unpaired) electrons. The van der Waals surface area contributed by atoms with Crippen LogP contribution < -0.4 is 4.90 Å². The van der Waals surface area contributed by atoms with E-state index in [4.69, 9.17) is 0 Å². The van der Waals surface area contributed by atoms with Crippen LogP contribution in [0, 0.1) is 0 Å². The molecule has 5 heteroatoms. The van der Waals surface area contributed by atoms with Gasteiger partial charge in [-0.1, -0.05) is 47.0 Å². The van der Waals surface area contributed by atoms with Gasteiger partial charge in [-0.15, -0.1) is 0 Å². The Morgan fingerprint density at radius 2 is 2.04 bits per heavy atom. The Bertz CT molecular complexity index is 499. The average Bonchev–Trinajstić information content (AvgIpc) is 2.46. The molecule has 1 amide bonds. The van der Waals surface area contributed by atoms with Gasteiger partial charge in [0.2, 0.25) is 11.9 Å². The monoisotopic (exact) mass is 337 g/mol. The third kappa shape index (κ3) is 6.90. The normalized spacial score (nSPS) is 13.0. The zero-order valence-electron chi connectivity index (χ0n) is 15.2. The van der Waals surface area contributed by atoms with Crippen molar-refractivity contribution in [2.24, 2.45) is 0 Å². The lowest BCUT2D eigenvalue weighted by Crippen LogP contribution is -2.42. The van der Waals surface area contributed by atoms with Crippen LogP contribution in [0.4, 0.5) is 5.95 Å². The van der Waals surface area contributed by atoms with Crippen molar-refractivity contribution in [1.82, 2.24) is 9.97 Å². The summed E-state index contributed by atoms with van der Waals surface area (Å²) < 4.78 is -0.346. The fourth-order valence-corrected chi connectivity index (χ4v) is 2.66. The summed E-state index contributed by atoms with van der Waals surface area (Å²) in [5, 5.41) is 0. The van der Waals surface area contributed by atoms with Gasteiger partial charge < -0.3 is 0 Å². The molecule has 0 saturated carbocycles. The lowest BCUT2D eigenvalue weighted by atomic mass is 10.1. The molecule has 1 atom stereocenters. The first-order valence-electron chi connectivity index (χ1n) is 8.64. The van der Waals surface area contributed by atoms with Gasteiger partial charge in [0.1, 0.15) is 0 Å². The van der Waals surface area contributed by atoms with E-state index in [0.29, 0.717) is 12.4 Å². The van der Waals surface area contributed by atoms with E-state index in [1.54, 1.807) is 11.1 Å². The maximum Gasteiger partial charge on any atom is 0.232 e. The first-order valence-corrected chi connectivity index (χ1v) is 9.09. The highest BCUT2D eigenvalue weighted by molar-refractivity contribution is 7.81. The van der Waals surface area contributed by atoms with Crippen LogP contribution >= 0.6 is 12.6 Å². The van der Waals surface area contributed by atoms with Crippen molar-refractivity contribution in [3.8, 4) is 0 Å². The van der Waals surface area contributed by atoms with Crippen molar-refractivity contribution in [2.75, 3.05) is 4.90 Å². The maximum atomic E-state index is 12.8. The smallest absolute Gasteiger partial charge is 0.232 e. The van der Waals surface area contributed by atoms with E-state index in [2.05, 4.69) is 43.4 Å². The van der Waals surface area contributed by atoms with Gasteiger partial charge in [0.05, 0.1) is 0 Å². The predicted octanol–water partition coefficient (Wildman–Crippen LogP) is 4.44. The van der Waals surface area contributed by atoms with Crippen LogP contribution in [0.1, 0.15) is 72.4 Å². The second-order valence-electron chi connectivity index (χ2n) is 6.80. The van der Waals surface area contributed by atoms with Gasteiger partial charge in [0, 0.05) is 29.1 Å². The summed E-state index contributed by atoms with van der Waals surface area (Å²) in [6, 6.07) is 1.99. The number of rotatable bonds is 9. The van der Waals surface area contributed by atoms with Crippen LogP contribution in [0.25, 0.3) is 0 Å². The highest BCUT2D eigenvalue weighted by Gasteiger charge is 2.28. The third-order valence-corrected chi connectivity index (χ3v) is 3.96. The van der Waals surface area contributed by atoms with Gasteiger partial charge in [-0.25, -0.2) is 9.97 Å². The molecular formula is C18H31N3OS. The second-order valence-corrected chi connectivity index (χ2v) is 8.01. The molecule has 0 N–H and O–H groups in total. The van der Waals surface area contributed by atoms with Crippen LogP contribution in [0.15, 0.2) is 12.3 Å². The minimum Gasteiger partial charge on any atom is -0.278 e. The van der Waals surface area contributed by atoms with Crippen LogP contribution in [0.3, 0.4) is 0 Å². The van der Waals surface area contributed by atoms with Gasteiger partial charge in [0.25, 0.3) is 0 Å². The highest BCUT2D eigenvalue weighted by atomic mass is 32.1. The Kier molecular flexibility index (Phi) is 8.03. The van der Waals surface area contributed by atoms with Crippen molar-refractivity contribution in [2.45, 2.75) is 83.9 Å². The van der Waals surface area contributed by atoms with Gasteiger partial charge in [0.15, 0.2) is 0 Å². The zero-order valence-corrected chi connectivity index (χ0v) is 16.1.